The Bertz CT molecular complexity index is 758. The van der Waals surface area contributed by atoms with E-state index in [4.69, 9.17) is 16.3 Å². The third kappa shape index (κ3) is 6.10. The molecule has 154 valence electrons. The zero-order chi connectivity index (χ0) is 20.9. The van der Waals surface area contributed by atoms with Crippen molar-refractivity contribution in [2.24, 2.45) is 5.92 Å². The Morgan fingerprint density at radius 2 is 2.07 bits per heavy atom. The highest BCUT2D eigenvalue weighted by molar-refractivity contribution is 6.34. The number of hydrogen-bond acceptors (Lipinski definition) is 4. The molecule has 1 atom stereocenters. The van der Waals surface area contributed by atoms with Gasteiger partial charge in [-0.05, 0) is 18.2 Å². The number of ether oxygens (including phenoxy) is 1. The van der Waals surface area contributed by atoms with Crippen LogP contribution in [-0.4, -0.2) is 62.1 Å². The van der Waals surface area contributed by atoms with Crippen LogP contribution in [0.3, 0.4) is 0 Å². The van der Waals surface area contributed by atoms with Crippen LogP contribution in [0.25, 0.3) is 0 Å². The second-order valence-electron chi connectivity index (χ2n) is 6.22. The van der Waals surface area contributed by atoms with Gasteiger partial charge in [0.1, 0.15) is 6.54 Å². The lowest BCUT2D eigenvalue weighted by Gasteiger charge is -2.18. The third-order valence-corrected chi connectivity index (χ3v) is 4.34. The molecule has 1 aliphatic rings. The minimum Gasteiger partial charge on any atom is -0.383 e. The first-order chi connectivity index (χ1) is 13.1. The average Bonchev–Trinajstić information content (AvgIpc) is 2.94. The van der Waals surface area contributed by atoms with E-state index < -0.39 is 36.4 Å². The van der Waals surface area contributed by atoms with Crippen molar-refractivity contribution in [3.05, 3.63) is 28.8 Å². The van der Waals surface area contributed by atoms with Gasteiger partial charge in [-0.2, -0.15) is 13.2 Å². The van der Waals surface area contributed by atoms with E-state index in [1.54, 1.807) is 0 Å². The van der Waals surface area contributed by atoms with E-state index in [0.29, 0.717) is 18.1 Å². The highest BCUT2D eigenvalue weighted by Gasteiger charge is 2.40. The Morgan fingerprint density at radius 1 is 1.36 bits per heavy atom. The summed E-state index contributed by atoms with van der Waals surface area (Å²) in [5, 5.41) is 5.21. The highest BCUT2D eigenvalue weighted by Crippen LogP contribution is 2.26. The van der Waals surface area contributed by atoms with Crippen LogP contribution in [-0.2, 0) is 14.3 Å². The maximum atomic E-state index is 12.5. The second-order valence-corrected chi connectivity index (χ2v) is 6.63. The average molecular weight is 422 g/mol. The summed E-state index contributed by atoms with van der Waals surface area (Å²) in [5.74, 6) is -2.63. The van der Waals surface area contributed by atoms with E-state index in [-0.39, 0.29) is 29.2 Å². The molecular formula is C17H19ClF3N3O4. The number of likely N-dealkylation sites (tertiary alicyclic amines) is 1. The van der Waals surface area contributed by atoms with Crippen LogP contribution in [0.15, 0.2) is 18.2 Å². The first-order valence-corrected chi connectivity index (χ1v) is 8.70. The van der Waals surface area contributed by atoms with Crippen LogP contribution in [0.5, 0.6) is 0 Å². The lowest BCUT2D eigenvalue weighted by atomic mass is 10.1. The molecule has 1 saturated heterocycles. The van der Waals surface area contributed by atoms with Crippen LogP contribution in [0.1, 0.15) is 16.8 Å². The number of carbonyl (C=O) groups is 3. The summed E-state index contributed by atoms with van der Waals surface area (Å²) in [6.45, 7) is -1.05. The van der Waals surface area contributed by atoms with Crippen LogP contribution in [0, 0.1) is 5.92 Å². The molecule has 1 aliphatic heterocycles. The number of benzene rings is 1. The number of halogens is 4. The van der Waals surface area contributed by atoms with Crippen molar-refractivity contribution in [3.63, 3.8) is 0 Å². The molecule has 1 aromatic carbocycles. The van der Waals surface area contributed by atoms with E-state index in [1.807, 2.05) is 0 Å². The fourth-order valence-corrected chi connectivity index (χ4v) is 2.97. The van der Waals surface area contributed by atoms with Crippen LogP contribution in [0.4, 0.5) is 18.9 Å². The van der Waals surface area contributed by atoms with Gasteiger partial charge in [-0.15, -0.1) is 0 Å². The summed E-state index contributed by atoms with van der Waals surface area (Å²) in [6.07, 6.45) is -4.82. The standard InChI is InChI=1S/C17H19ClF3N3O4/c1-28-5-4-22-16(27)12-3-2-11(7-13(12)18)23-15(26)10-6-14(25)24(8-10)9-17(19,20)21/h2-3,7,10H,4-6,8-9H2,1H3,(H,22,27)(H,23,26). The van der Waals surface area contributed by atoms with Crippen molar-refractivity contribution in [2.75, 3.05) is 38.7 Å². The highest BCUT2D eigenvalue weighted by atomic mass is 35.5. The Hall–Kier alpha value is -2.33. The first-order valence-electron chi connectivity index (χ1n) is 8.33. The van der Waals surface area contributed by atoms with Gasteiger partial charge in [-0.25, -0.2) is 0 Å². The van der Waals surface area contributed by atoms with Crippen molar-refractivity contribution in [3.8, 4) is 0 Å². The van der Waals surface area contributed by atoms with Crippen LogP contribution in [0.2, 0.25) is 5.02 Å². The Morgan fingerprint density at radius 3 is 2.68 bits per heavy atom. The number of anilines is 1. The smallest absolute Gasteiger partial charge is 0.383 e. The van der Waals surface area contributed by atoms with Crippen molar-refractivity contribution < 1.29 is 32.3 Å². The van der Waals surface area contributed by atoms with E-state index in [9.17, 15) is 27.6 Å². The van der Waals surface area contributed by atoms with E-state index in [2.05, 4.69) is 10.6 Å². The molecule has 1 aromatic rings. The molecule has 0 radical (unpaired) electrons. The molecule has 3 amide bonds. The molecule has 0 spiro atoms. The largest absolute Gasteiger partial charge is 0.406 e. The van der Waals surface area contributed by atoms with Gasteiger partial charge in [0.15, 0.2) is 0 Å². The molecule has 2 rings (SSSR count). The molecule has 0 aliphatic carbocycles. The SMILES string of the molecule is COCCNC(=O)c1ccc(NC(=O)C2CC(=O)N(CC(F)(F)F)C2)cc1Cl. The number of carbonyl (C=O) groups excluding carboxylic acids is 3. The molecule has 1 heterocycles. The van der Waals surface area contributed by atoms with E-state index in [0.717, 1.165) is 0 Å². The second kappa shape index (κ2) is 9.24. The number of hydrogen-bond donors (Lipinski definition) is 2. The fourth-order valence-electron chi connectivity index (χ4n) is 2.70. The molecule has 28 heavy (non-hydrogen) atoms. The third-order valence-electron chi connectivity index (χ3n) is 4.03. The molecule has 11 heteroatoms. The molecule has 7 nitrogen and oxygen atoms in total. The van der Waals surface area contributed by atoms with Gasteiger partial charge >= 0.3 is 6.18 Å². The van der Waals surface area contributed by atoms with Crippen molar-refractivity contribution in [1.82, 2.24) is 10.2 Å². The summed E-state index contributed by atoms with van der Waals surface area (Å²) >= 11 is 6.07. The molecular weight excluding hydrogens is 403 g/mol. The number of nitrogens with one attached hydrogen (secondary N) is 2. The molecule has 2 N–H and O–H groups in total. The summed E-state index contributed by atoms with van der Waals surface area (Å²) in [6, 6.07) is 4.21. The molecule has 0 bridgehead atoms. The van der Waals surface area contributed by atoms with Crippen molar-refractivity contribution in [2.45, 2.75) is 12.6 Å². The summed E-state index contributed by atoms with van der Waals surface area (Å²) in [5.41, 5.74) is 0.466. The minimum atomic E-state index is -4.52. The van der Waals surface area contributed by atoms with Crippen molar-refractivity contribution >= 4 is 35.0 Å². The minimum absolute atomic E-state index is 0.0916. The van der Waals surface area contributed by atoms with Gasteiger partial charge < -0.3 is 20.3 Å². The Labute approximate surface area is 164 Å². The Kier molecular flexibility index (Phi) is 7.25. The summed E-state index contributed by atoms with van der Waals surface area (Å²) in [7, 11) is 1.50. The van der Waals surface area contributed by atoms with Gasteiger partial charge in [0, 0.05) is 32.3 Å². The quantitative estimate of drug-likeness (QED) is 0.660. The number of nitrogens with zero attached hydrogens (tertiary/aromatic N) is 1. The summed E-state index contributed by atoms with van der Waals surface area (Å²) in [4.78, 5) is 36.6. The lowest BCUT2D eigenvalue weighted by Crippen LogP contribution is -2.36. The summed E-state index contributed by atoms with van der Waals surface area (Å²) < 4.78 is 42.2. The molecule has 0 aromatic heterocycles. The molecule has 1 fully saturated rings. The number of alkyl halides is 3. The van der Waals surface area contributed by atoms with E-state index >= 15 is 0 Å². The van der Waals surface area contributed by atoms with Gasteiger partial charge in [0.05, 0.1) is 23.1 Å². The maximum absolute atomic E-state index is 12.5. The first kappa shape index (κ1) is 22.0. The van der Waals surface area contributed by atoms with Gasteiger partial charge in [0.25, 0.3) is 5.91 Å². The number of amides is 3. The lowest BCUT2D eigenvalue weighted by molar-refractivity contribution is -0.157. The predicted molar refractivity (Wildman–Crippen MR) is 95.0 cm³/mol. The fraction of sp³-hybridized carbons (Fsp3) is 0.471. The van der Waals surface area contributed by atoms with Gasteiger partial charge in [-0.3, -0.25) is 14.4 Å². The molecule has 0 saturated carbocycles. The predicted octanol–water partition coefficient (Wildman–Crippen LogP) is 2.07. The molecule has 1 unspecified atom stereocenters. The van der Waals surface area contributed by atoms with E-state index in [1.165, 1.54) is 25.3 Å². The maximum Gasteiger partial charge on any atom is 0.406 e. The van der Waals surface area contributed by atoms with Gasteiger partial charge in [0.2, 0.25) is 11.8 Å². The zero-order valence-corrected chi connectivity index (χ0v) is 15.7. The van der Waals surface area contributed by atoms with Gasteiger partial charge in [-0.1, -0.05) is 11.6 Å². The van der Waals surface area contributed by atoms with Crippen LogP contribution < -0.4 is 10.6 Å². The van der Waals surface area contributed by atoms with Crippen LogP contribution >= 0.6 is 11.6 Å². The monoisotopic (exact) mass is 421 g/mol. The topological polar surface area (TPSA) is 87.7 Å². The number of methoxy groups -OCH3 is 1. The normalized spacial score (nSPS) is 17.0. The van der Waals surface area contributed by atoms with Crippen molar-refractivity contribution in [1.29, 1.82) is 0 Å². The zero-order valence-electron chi connectivity index (χ0n) is 14.9. The number of rotatable bonds is 7. The Balaban J connectivity index is 1.96.